The van der Waals surface area contributed by atoms with E-state index in [-0.39, 0.29) is 6.10 Å². The smallest absolute Gasteiger partial charge is 0.0922 e. The van der Waals surface area contributed by atoms with Gasteiger partial charge in [-0.05, 0) is 31.2 Å². The zero-order valence-electron chi connectivity index (χ0n) is 11.9. The van der Waals surface area contributed by atoms with Gasteiger partial charge in [0.25, 0.3) is 0 Å². The van der Waals surface area contributed by atoms with Gasteiger partial charge in [-0.1, -0.05) is 30.3 Å². The Morgan fingerprint density at radius 2 is 1.45 bits per heavy atom. The predicted molar refractivity (Wildman–Crippen MR) is 78.0 cm³/mol. The summed E-state index contributed by atoms with van der Waals surface area (Å²) in [6.45, 7) is 3.65. The van der Waals surface area contributed by atoms with Crippen LogP contribution < -0.4 is 0 Å². The van der Waals surface area contributed by atoms with Gasteiger partial charge >= 0.3 is 0 Å². The molecule has 0 aromatic heterocycles. The first-order valence-electron chi connectivity index (χ1n) is 7.63. The van der Waals surface area contributed by atoms with E-state index in [1.807, 2.05) is 30.3 Å². The first-order valence-corrected chi connectivity index (χ1v) is 7.63. The van der Waals surface area contributed by atoms with Gasteiger partial charge in [-0.3, -0.25) is 0 Å². The van der Waals surface area contributed by atoms with E-state index in [1.165, 1.54) is 0 Å². The molecule has 3 rings (SSSR count). The number of hydrazine groups is 1. The summed E-state index contributed by atoms with van der Waals surface area (Å²) >= 11 is 0. The summed E-state index contributed by atoms with van der Waals surface area (Å²) < 4.78 is 0. The van der Waals surface area contributed by atoms with Crippen LogP contribution in [0.5, 0.6) is 0 Å². The molecule has 20 heavy (non-hydrogen) atoms. The van der Waals surface area contributed by atoms with Gasteiger partial charge < -0.3 is 10.2 Å². The van der Waals surface area contributed by atoms with Crippen LogP contribution in [0.1, 0.15) is 31.2 Å². The summed E-state index contributed by atoms with van der Waals surface area (Å²) in [5, 5.41) is 25.1. The summed E-state index contributed by atoms with van der Waals surface area (Å²) in [6.07, 6.45) is 3.14. The second kappa shape index (κ2) is 5.82. The summed E-state index contributed by atoms with van der Waals surface area (Å²) in [7, 11) is 0. The highest BCUT2D eigenvalue weighted by Crippen LogP contribution is 2.33. The molecule has 0 aliphatic carbocycles. The topological polar surface area (TPSA) is 46.9 Å². The first-order chi connectivity index (χ1) is 9.67. The van der Waals surface area contributed by atoms with Crippen LogP contribution in [-0.4, -0.2) is 52.5 Å². The minimum Gasteiger partial charge on any atom is -0.393 e. The van der Waals surface area contributed by atoms with Gasteiger partial charge in [0.1, 0.15) is 0 Å². The van der Waals surface area contributed by atoms with Gasteiger partial charge in [-0.2, -0.15) is 0 Å². The lowest BCUT2D eigenvalue weighted by Gasteiger charge is -2.45. The largest absolute Gasteiger partial charge is 0.393 e. The second-order valence-electron chi connectivity index (χ2n) is 6.04. The standard InChI is InChI=1S/C16H24N2O2/c19-15-6-10-17(11-7-15)18-12-8-16(20,9-13-18)14-4-2-1-3-5-14/h1-5,15,19-20H,6-13H2. The second-order valence-corrected chi connectivity index (χ2v) is 6.04. The van der Waals surface area contributed by atoms with Crippen molar-refractivity contribution in [1.29, 1.82) is 0 Å². The quantitative estimate of drug-likeness (QED) is 0.856. The van der Waals surface area contributed by atoms with Crippen molar-refractivity contribution in [3.05, 3.63) is 35.9 Å². The summed E-state index contributed by atoms with van der Waals surface area (Å²) in [4.78, 5) is 0. The normalized spacial score (nSPS) is 25.7. The average Bonchev–Trinajstić information content (AvgIpc) is 2.50. The molecule has 0 amide bonds. The van der Waals surface area contributed by atoms with Crippen molar-refractivity contribution in [3.63, 3.8) is 0 Å². The molecule has 0 saturated carbocycles. The van der Waals surface area contributed by atoms with E-state index in [0.29, 0.717) is 0 Å². The molecule has 0 bridgehead atoms. The van der Waals surface area contributed by atoms with Crippen LogP contribution in [0, 0.1) is 0 Å². The molecule has 4 heteroatoms. The van der Waals surface area contributed by atoms with Crippen LogP contribution in [0.3, 0.4) is 0 Å². The molecule has 2 fully saturated rings. The maximum absolute atomic E-state index is 10.8. The molecule has 110 valence electrons. The number of aliphatic hydroxyl groups excluding tert-OH is 1. The Balaban J connectivity index is 1.59. The average molecular weight is 276 g/mol. The van der Waals surface area contributed by atoms with Crippen molar-refractivity contribution >= 4 is 0 Å². The Hall–Kier alpha value is -0.940. The fourth-order valence-corrected chi connectivity index (χ4v) is 3.32. The van der Waals surface area contributed by atoms with E-state index in [4.69, 9.17) is 0 Å². The molecule has 1 aromatic carbocycles. The highest BCUT2D eigenvalue weighted by molar-refractivity contribution is 5.22. The molecular weight excluding hydrogens is 252 g/mol. The number of nitrogens with zero attached hydrogens (tertiary/aromatic N) is 2. The van der Waals surface area contributed by atoms with Gasteiger partial charge in [-0.25, -0.2) is 10.0 Å². The molecule has 2 aliphatic heterocycles. The monoisotopic (exact) mass is 276 g/mol. The van der Waals surface area contributed by atoms with Crippen molar-refractivity contribution in [3.8, 4) is 0 Å². The van der Waals surface area contributed by atoms with Gasteiger partial charge in [0.15, 0.2) is 0 Å². The van der Waals surface area contributed by atoms with Crippen molar-refractivity contribution in [2.45, 2.75) is 37.4 Å². The third-order valence-electron chi connectivity index (χ3n) is 4.72. The zero-order chi connectivity index (χ0) is 14.0. The molecule has 4 nitrogen and oxygen atoms in total. The Kier molecular flexibility index (Phi) is 4.08. The number of hydrogen-bond donors (Lipinski definition) is 2. The lowest BCUT2D eigenvalue weighted by molar-refractivity contribution is -0.119. The molecule has 2 aliphatic rings. The molecule has 0 unspecified atom stereocenters. The van der Waals surface area contributed by atoms with Crippen LogP contribution in [-0.2, 0) is 5.60 Å². The maximum Gasteiger partial charge on any atom is 0.0922 e. The van der Waals surface area contributed by atoms with Crippen LogP contribution in [0.25, 0.3) is 0 Å². The van der Waals surface area contributed by atoms with Crippen molar-refractivity contribution < 1.29 is 10.2 Å². The van der Waals surface area contributed by atoms with Crippen molar-refractivity contribution in [1.82, 2.24) is 10.0 Å². The summed E-state index contributed by atoms with van der Waals surface area (Å²) in [6, 6.07) is 10.0. The third kappa shape index (κ3) is 2.88. The van der Waals surface area contributed by atoms with Gasteiger partial charge in [0.2, 0.25) is 0 Å². The number of benzene rings is 1. The molecule has 0 radical (unpaired) electrons. The molecular formula is C16H24N2O2. The highest BCUT2D eigenvalue weighted by Gasteiger charge is 2.36. The van der Waals surface area contributed by atoms with E-state index < -0.39 is 5.60 Å². The fourth-order valence-electron chi connectivity index (χ4n) is 3.32. The van der Waals surface area contributed by atoms with Gasteiger partial charge in [0, 0.05) is 26.2 Å². The Morgan fingerprint density at radius 3 is 2.05 bits per heavy atom. The lowest BCUT2D eigenvalue weighted by atomic mass is 9.85. The number of aliphatic hydroxyl groups is 2. The number of rotatable bonds is 2. The SMILES string of the molecule is OC1CCN(N2CCC(O)(c3ccccc3)CC2)CC1. The van der Waals surface area contributed by atoms with E-state index in [1.54, 1.807) is 0 Å². The van der Waals surface area contributed by atoms with Crippen LogP contribution in [0.2, 0.25) is 0 Å². The molecule has 0 atom stereocenters. The minimum atomic E-state index is -0.674. The molecule has 2 saturated heterocycles. The van der Waals surface area contributed by atoms with Crippen molar-refractivity contribution in [2.24, 2.45) is 0 Å². The van der Waals surface area contributed by atoms with Gasteiger partial charge in [0.05, 0.1) is 11.7 Å². The Bertz CT molecular complexity index is 421. The summed E-state index contributed by atoms with van der Waals surface area (Å²) in [5.74, 6) is 0. The zero-order valence-corrected chi connectivity index (χ0v) is 11.9. The number of hydrogen-bond acceptors (Lipinski definition) is 4. The maximum atomic E-state index is 10.8. The van der Waals surface area contributed by atoms with Crippen molar-refractivity contribution in [2.75, 3.05) is 26.2 Å². The van der Waals surface area contributed by atoms with Crippen LogP contribution in [0.4, 0.5) is 0 Å². The Labute approximate surface area is 120 Å². The molecule has 1 aromatic rings. The third-order valence-corrected chi connectivity index (χ3v) is 4.72. The molecule has 2 heterocycles. The summed E-state index contributed by atoms with van der Waals surface area (Å²) in [5.41, 5.74) is 0.362. The van der Waals surface area contributed by atoms with Crippen LogP contribution in [0.15, 0.2) is 30.3 Å². The van der Waals surface area contributed by atoms with E-state index in [9.17, 15) is 10.2 Å². The molecule has 2 N–H and O–H groups in total. The predicted octanol–water partition coefficient (Wildman–Crippen LogP) is 1.34. The fraction of sp³-hybridized carbons (Fsp3) is 0.625. The van der Waals surface area contributed by atoms with Crippen LogP contribution >= 0.6 is 0 Å². The Morgan fingerprint density at radius 1 is 0.900 bits per heavy atom. The van der Waals surface area contributed by atoms with E-state index >= 15 is 0 Å². The van der Waals surface area contributed by atoms with E-state index in [0.717, 1.165) is 57.4 Å². The first kappa shape index (κ1) is 14.0. The minimum absolute atomic E-state index is 0.128. The lowest BCUT2D eigenvalue weighted by Crippen LogP contribution is -2.53. The molecule has 0 spiro atoms. The number of piperidine rings is 2. The van der Waals surface area contributed by atoms with E-state index in [2.05, 4.69) is 10.0 Å². The highest BCUT2D eigenvalue weighted by atomic mass is 16.3. The van der Waals surface area contributed by atoms with Gasteiger partial charge in [-0.15, -0.1) is 0 Å².